The molecule has 3 atom stereocenters. The molecule has 4 nitrogen and oxygen atoms in total. The molecular weight excluding hydrogens is 312 g/mol. The molecule has 0 amide bonds. The first-order valence-electron chi connectivity index (χ1n) is 8.81. The molecule has 0 radical (unpaired) electrons. The lowest BCUT2D eigenvalue weighted by Gasteiger charge is -2.34. The van der Waals surface area contributed by atoms with Crippen LogP contribution in [-0.2, 0) is 11.8 Å². The van der Waals surface area contributed by atoms with Crippen LogP contribution in [0.3, 0.4) is 0 Å². The van der Waals surface area contributed by atoms with Crippen LogP contribution in [0, 0.1) is 5.92 Å². The summed E-state index contributed by atoms with van der Waals surface area (Å²) in [5.41, 5.74) is 11.1. The van der Waals surface area contributed by atoms with E-state index in [-0.39, 0.29) is 17.2 Å². The van der Waals surface area contributed by atoms with Crippen molar-refractivity contribution >= 4 is 5.69 Å². The van der Waals surface area contributed by atoms with Gasteiger partial charge in [0.25, 0.3) is 0 Å². The maximum absolute atomic E-state index is 10.6. The minimum absolute atomic E-state index is 0.0185. The van der Waals surface area contributed by atoms with E-state index < -0.39 is 0 Å². The summed E-state index contributed by atoms with van der Waals surface area (Å²) in [5, 5.41) is 23.6. The summed E-state index contributed by atoms with van der Waals surface area (Å²) in [7, 11) is 0. The minimum atomic E-state index is -0.134. The van der Waals surface area contributed by atoms with Gasteiger partial charge in [-0.25, -0.2) is 0 Å². The first-order valence-corrected chi connectivity index (χ1v) is 8.81. The number of hydrogen-bond acceptors (Lipinski definition) is 4. The Morgan fingerprint density at radius 1 is 1.16 bits per heavy atom. The molecule has 0 aromatic heterocycles. The van der Waals surface area contributed by atoms with Crippen LogP contribution in [0.2, 0.25) is 0 Å². The normalized spacial score (nSPS) is 27.6. The molecule has 130 valence electrons. The summed E-state index contributed by atoms with van der Waals surface area (Å²) in [6.07, 6.45) is 1.88. The van der Waals surface area contributed by atoms with E-state index in [2.05, 4.69) is 25.2 Å². The predicted octanol–water partition coefficient (Wildman–Crippen LogP) is 3.93. The molecule has 2 aromatic rings. The lowest BCUT2D eigenvalue weighted by atomic mass is 9.89. The Balaban J connectivity index is 1.55. The number of nitrogens with two attached hydrogens (primary N) is 1. The van der Waals surface area contributed by atoms with Gasteiger partial charge in [-0.15, -0.1) is 0 Å². The van der Waals surface area contributed by atoms with Gasteiger partial charge in [-0.05, 0) is 47.7 Å². The van der Waals surface area contributed by atoms with Gasteiger partial charge in [-0.1, -0.05) is 38.1 Å². The second kappa shape index (κ2) is 5.45. The van der Waals surface area contributed by atoms with Gasteiger partial charge in [0.1, 0.15) is 17.6 Å². The van der Waals surface area contributed by atoms with Gasteiger partial charge < -0.3 is 21.3 Å². The zero-order valence-electron chi connectivity index (χ0n) is 14.6. The van der Waals surface area contributed by atoms with Crippen LogP contribution in [0.1, 0.15) is 43.0 Å². The fourth-order valence-electron chi connectivity index (χ4n) is 3.95. The standard InChI is InChI=1S/C21H24N2O2/c1-3-12-10-13(4-9-17(12)22)18-20(25)19(23-18)16-11-21(16,2)14-5-7-15(24)8-6-14/h4-10,16,18,23-25H,3,11,22H2,1-2H3/t16?,18-,21?/m0/s1. The summed E-state index contributed by atoms with van der Waals surface area (Å²) in [6.45, 7) is 4.29. The Hall–Kier alpha value is -2.62. The van der Waals surface area contributed by atoms with E-state index in [0.29, 0.717) is 11.7 Å². The maximum Gasteiger partial charge on any atom is 0.138 e. The Labute approximate surface area is 148 Å². The molecule has 2 aromatic carbocycles. The molecule has 5 N–H and O–H groups in total. The lowest BCUT2D eigenvalue weighted by molar-refractivity contribution is 0.286. The first kappa shape index (κ1) is 15.9. The summed E-state index contributed by atoms with van der Waals surface area (Å²) >= 11 is 0. The van der Waals surface area contributed by atoms with Gasteiger partial charge >= 0.3 is 0 Å². The van der Waals surface area contributed by atoms with Crippen molar-refractivity contribution in [1.29, 1.82) is 0 Å². The molecular formula is C21H24N2O2. The average molecular weight is 336 g/mol. The number of benzene rings is 2. The third kappa shape index (κ3) is 2.44. The van der Waals surface area contributed by atoms with E-state index >= 15 is 0 Å². The SMILES string of the molecule is CCc1cc([C@@H]2NC(C3CC3(C)c3ccc(O)cc3)=C2O)ccc1N. The van der Waals surface area contributed by atoms with E-state index in [1.807, 2.05) is 24.3 Å². The highest BCUT2D eigenvalue weighted by atomic mass is 16.3. The van der Waals surface area contributed by atoms with Crippen molar-refractivity contribution < 1.29 is 10.2 Å². The van der Waals surface area contributed by atoms with E-state index in [0.717, 1.165) is 35.4 Å². The predicted molar refractivity (Wildman–Crippen MR) is 99.3 cm³/mol. The van der Waals surface area contributed by atoms with E-state index in [1.54, 1.807) is 12.1 Å². The smallest absolute Gasteiger partial charge is 0.138 e. The molecule has 2 aliphatic rings. The van der Waals surface area contributed by atoms with Crippen molar-refractivity contribution in [3.05, 3.63) is 70.6 Å². The van der Waals surface area contributed by atoms with Crippen molar-refractivity contribution in [2.24, 2.45) is 5.92 Å². The maximum atomic E-state index is 10.6. The molecule has 4 heteroatoms. The van der Waals surface area contributed by atoms with Crippen LogP contribution in [0.4, 0.5) is 5.69 Å². The van der Waals surface area contributed by atoms with Gasteiger partial charge in [0, 0.05) is 17.0 Å². The van der Waals surface area contributed by atoms with E-state index in [4.69, 9.17) is 5.73 Å². The minimum Gasteiger partial charge on any atom is -0.508 e. The Bertz CT molecular complexity index is 857. The molecule has 1 saturated carbocycles. The molecule has 1 fully saturated rings. The van der Waals surface area contributed by atoms with Crippen molar-refractivity contribution in [2.75, 3.05) is 5.73 Å². The summed E-state index contributed by atoms with van der Waals surface area (Å²) in [5.74, 6) is 1.02. The Morgan fingerprint density at radius 3 is 2.52 bits per heavy atom. The van der Waals surface area contributed by atoms with Gasteiger partial charge in [-0.3, -0.25) is 0 Å². The highest BCUT2D eigenvalue weighted by molar-refractivity contribution is 5.52. The number of aliphatic hydroxyl groups excluding tert-OH is 1. The molecule has 0 bridgehead atoms. The van der Waals surface area contributed by atoms with E-state index in [1.165, 1.54) is 5.56 Å². The second-order valence-electron chi connectivity index (χ2n) is 7.41. The third-order valence-corrected chi connectivity index (χ3v) is 5.84. The van der Waals surface area contributed by atoms with Gasteiger partial charge in [0.15, 0.2) is 0 Å². The topological polar surface area (TPSA) is 78.5 Å². The van der Waals surface area contributed by atoms with Crippen LogP contribution in [-0.4, -0.2) is 10.2 Å². The lowest BCUT2D eigenvalue weighted by Crippen LogP contribution is -2.37. The molecule has 0 saturated heterocycles. The Kier molecular flexibility index (Phi) is 3.46. The molecule has 4 rings (SSSR count). The molecule has 1 aliphatic carbocycles. The zero-order chi connectivity index (χ0) is 17.8. The number of hydrogen-bond donors (Lipinski definition) is 4. The van der Waals surface area contributed by atoms with Crippen molar-refractivity contribution in [2.45, 2.75) is 38.1 Å². The number of nitrogen functional groups attached to an aromatic ring is 1. The van der Waals surface area contributed by atoms with Gasteiger partial charge in [0.05, 0.1) is 5.70 Å². The number of phenols is 1. The van der Waals surface area contributed by atoms with Crippen LogP contribution in [0.25, 0.3) is 0 Å². The first-order chi connectivity index (χ1) is 11.9. The third-order valence-electron chi connectivity index (χ3n) is 5.84. The van der Waals surface area contributed by atoms with Crippen molar-refractivity contribution in [3.63, 3.8) is 0 Å². The molecule has 1 heterocycles. The van der Waals surface area contributed by atoms with Crippen LogP contribution >= 0.6 is 0 Å². The van der Waals surface area contributed by atoms with Gasteiger partial charge in [-0.2, -0.15) is 0 Å². The van der Waals surface area contributed by atoms with Crippen LogP contribution in [0.15, 0.2) is 53.9 Å². The quantitative estimate of drug-likeness (QED) is 0.638. The highest BCUT2D eigenvalue weighted by Crippen LogP contribution is 2.60. The van der Waals surface area contributed by atoms with Crippen LogP contribution in [0.5, 0.6) is 5.75 Å². The zero-order valence-corrected chi connectivity index (χ0v) is 14.6. The summed E-state index contributed by atoms with van der Waals surface area (Å²) in [6, 6.07) is 13.2. The number of anilines is 1. The van der Waals surface area contributed by atoms with Crippen molar-refractivity contribution in [3.8, 4) is 5.75 Å². The van der Waals surface area contributed by atoms with Crippen molar-refractivity contribution in [1.82, 2.24) is 5.32 Å². The summed E-state index contributed by atoms with van der Waals surface area (Å²) in [4.78, 5) is 0. The van der Waals surface area contributed by atoms with Crippen LogP contribution < -0.4 is 11.1 Å². The monoisotopic (exact) mass is 336 g/mol. The van der Waals surface area contributed by atoms with E-state index in [9.17, 15) is 10.2 Å². The number of nitrogens with one attached hydrogen (secondary N) is 1. The number of allylic oxidation sites excluding steroid dienone is 1. The number of aliphatic hydroxyl groups is 1. The second-order valence-corrected chi connectivity index (χ2v) is 7.41. The molecule has 0 spiro atoms. The summed E-state index contributed by atoms with van der Waals surface area (Å²) < 4.78 is 0. The fourth-order valence-corrected chi connectivity index (χ4v) is 3.95. The molecule has 25 heavy (non-hydrogen) atoms. The van der Waals surface area contributed by atoms with Gasteiger partial charge in [0.2, 0.25) is 0 Å². The molecule has 2 unspecified atom stereocenters. The number of rotatable bonds is 4. The highest BCUT2D eigenvalue weighted by Gasteiger charge is 2.56. The fraction of sp³-hybridized carbons (Fsp3) is 0.333. The Morgan fingerprint density at radius 2 is 1.88 bits per heavy atom. The number of phenolic OH excluding ortho intramolecular Hbond substituents is 1. The largest absolute Gasteiger partial charge is 0.508 e. The average Bonchev–Trinajstić information content (AvgIpc) is 3.27. The number of aryl methyl sites for hydroxylation is 1. The number of aromatic hydroxyl groups is 1. The molecule has 1 aliphatic heterocycles.